The Morgan fingerprint density at radius 1 is 1.46 bits per heavy atom. The minimum absolute atomic E-state index is 0.205. The molecular weight excluding hydrogens is 250 g/mol. The first-order chi connectivity index (χ1) is 5.95. The topological polar surface area (TPSA) is 57.5 Å². The summed E-state index contributed by atoms with van der Waals surface area (Å²) in [6.07, 6.45) is 0. The molecule has 0 unspecified atom stereocenters. The molecule has 0 atom stereocenters. The maximum atomic E-state index is 12.8. The smallest absolute Gasteiger partial charge is 0.342 e. The minimum Gasteiger partial charge on any atom is -0.506 e. The molecule has 0 aliphatic rings. The molecule has 0 radical (unpaired) electrons. The number of phenols is 1. The van der Waals surface area contributed by atoms with Gasteiger partial charge in [-0.2, -0.15) is 0 Å². The number of halogens is 3. The van der Waals surface area contributed by atoms with E-state index in [0.29, 0.717) is 6.07 Å². The molecule has 13 heavy (non-hydrogen) atoms. The molecule has 1 aromatic carbocycles. The third-order valence-electron chi connectivity index (χ3n) is 1.36. The molecule has 1 aromatic rings. The summed E-state index contributed by atoms with van der Waals surface area (Å²) < 4.78 is 25.2. The molecule has 0 saturated carbocycles. The van der Waals surface area contributed by atoms with Gasteiger partial charge in [-0.3, -0.25) is 0 Å². The van der Waals surface area contributed by atoms with Crippen molar-refractivity contribution in [2.45, 2.75) is 0 Å². The summed E-state index contributed by atoms with van der Waals surface area (Å²) in [5.74, 6) is -5.46. The quantitative estimate of drug-likeness (QED) is 0.753. The van der Waals surface area contributed by atoms with Crippen molar-refractivity contribution in [3.63, 3.8) is 0 Å². The van der Waals surface area contributed by atoms with E-state index in [1.165, 1.54) is 0 Å². The molecule has 0 fully saturated rings. The van der Waals surface area contributed by atoms with E-state index in [9.17, 15) is 13.6 Å². The zero-order valence-electron chi connectivity index (χ0n) is 6.01. The van der Waals surface area contributed by atoms with Crippen molar-refractivity contribution < 1.29 is 23.8 Å². The van der Waals surface area contributed by atoms with Crippen molar-refractivity contribution in [1.29, 1.82) is 0 Å². The van der Waals surface area contributed by atoms with Crippen molar-refractivity contribution in [1.82, 2.24) is 0 Å². The largest absolute Gasteiger partial charge is 0.506 e. The summed E-state index contributed by atoms with van der Waals surface area (Å²) in [4.78, 5) is 10.4. The van der Waals surface area contributed by atoms with Crippen LogP contribution in [0, 0.1) is 11.6 Å². The Labute approximate surface area is 79.7 Å². The van der Waals surface area contributed by atoms with Crippen LogP contribution in [0.4, 0.5) is 8.78 Å². The van der Waals surface area contributed by atoms with Gasteiger partial charge in [-0.1, -0.05) is 0 Å². The van der Waals surface area contributed by atoms with Gasteiger partial charge in [0, 0.05) is 0 Å². The standard InChI is InChI=1S/C7H3BrF2O3/c8-2-1-3(9)5(10)4(6(2)11)7(12)13/h1,11H,(H,12,13). The summed E-state index contributed by atoms with van der Waals surface area (Å²) in [7, 11) is 0. The third kappa shape index (κ3) is 1.62. The van der Waals surface area contributed by atoms with Crippen molar-refractivity contribution in [2.24, 2.45) is 0 Å². The van der Waals surface area contributed by atoms with Gasteiger partial charge < -0.3 is 10.2 Å². The molecule has 0 amide bonds. The molecule has 0 spiro atoms. The van der Waals surface area contributed by atoms with Crippen LogP contribution in [0.15, 0.2) is 10.5 Å². The summed E-state index contributed by atoms with van der Waals surface area (Å²) in [5, 5.41) is 17.4. The lowest BCUT2D eigenvalue weighted by atomic mass is 10.2. The lowest BCUT2D eigenvalue weighted by Crippen LogP contribution is -2.03. The molecular formula is C7H3BrF2O3. The lowest BCUT2D eigenvalue weighted by molar-refractivity contribution is 0.0687. The molecule has 6 heteroatoms. The first kappa shape index (κ1) is 9.91. The van der Waals surface area contributed by atoms with Crippen molar-refractivity contribution in [3.05, 3.63) is 27.7 Å². The molecule has 0 saturated heterocycles. The van der Waals surface area contributed by atoms with Crippen LogP contribution in [-0.2, 0) is 0 Å². The first-order valence-electron chi connectivity index (χ1n) is 3.05. The molecule has 2 N–H and O–H groups in total. The van der Waals surface area contributed by atoms with Crippen LogP contribution in [-0.4, -0.2) is 16.2 Å². The van der Waals surface area contributed by atoms with Crippen molar-refractivity contribution in [2.75, 3.05) is 0 Å². The molecule has 0 bridgehead atoms. The lowest BCUT2D eigenvalue weighted by Gasteiger charge is -2.03. The minimum atomic E-state index is -1.73. The van der Waals surface area contributed by atoms with Crippen LogP contribution in [0.25, 0.3) is 0 Å². The summed E-state index contributed by atoms with van der Waals surface area (Å²) in [6.45, 7) is 0. The molecule has 1 rings (SSSR count). The number of hydrogen-bond acceptors (Lipinski definition) is 2. The fourth-order valence-electron chi connectivity index (χ4n) is 0.781. The number of carboxylic acids is 1. The molecule has 70 valence electrons. The second-order valence-electron chi connectivity index (χ2n) is 2.18. The van der Waals surface area contributed by atoms with Crippen LogP contribution in [0.3, 0.4) is 0 Å². The molecule has 0 aliphatic heterocycles. The predicted octanol–water partition coefficient (Wildman–Crippen LogP) is 2.13. The van der Waals surface area contributed by atoms with Crippen LogP contribution in [0.2, 0.25) is 0 Å². The average molecular weight is 253 g/mol. The van der Waals surface area contributed by atoms with Crippen molar-refractivity contribution >= 4 is 21.9 Å². The summed E-state index contributed by atoms with van der Waals surface area (Å²) in [5.41, 5.74) is -1.08. The molecule has 0 aromatic heterocycles. The van der Waals surface area contributed by atoms with Crippen LogP contribution in [0.5, 0.6) is 5.75 Å². The highest BCUT2D eigenvalue weighted by atomic mass is 79.9. The van der Waals surface area contributed by atoms with E-state index in [-0.39, 0.29) is 4.47 Å². The monoisotopic (exact) mass is 252 g/mol. The van der Waals surface area contributed by atoms with E-state index in [0.717, 1.165) is 0 Å². The SMILES string of the molecule is O=C(O)c1c(O)c(Br)cc(F)c1F. The zero-order chi connectivity index (χ0) is 10.2. The first-order valence-corrected chi connectivity index (χ1v) is 3.84. The van der Waals surface area contributed by atoms with Gasteiger partial charge in [-0.25, -0.2) is 13.6 Å². The predicted molar refractivity (Wildman–Crippen MR) is 42.7 cm³/mol. The Morgan fingerprint density at radius 2 is 2.00 bits per heavy atom. The van der Waals surface area contributed by atoms with E-state index < -0.39 is 28.9 Å². The maximum absolute atomic E-state index is 12.8. The summed E-state index contributed by atoms with van der Waals surface area (Å²) >= 11 is 2.68. The van der Waals surface area contributed by atoms with E-state index in [2.05, 4.69) is 15.9 Å². The Bertz CT molecular complexity index is 352. The fraction of sp³-hybridized carbons (Fsp3) is 0. The van der Waals surface area contributed by atoms with Gasteiger partial charge in [0.2, 0.25) is 0 Å². The van der Waals surface area contributed by atoms with Crippen molar-refractivity contribution in [3.8, 4) is 5.75 Å². The van der Waals surface area contributed by atoms with E-state index >= 15 is 0 Å². The number of carbonyl (C=O) groups is 1. The maximum Gasteiger partial charge on any atom is 0.342 e. The third-order valence-corrected chi connectivity index (χ3v) is 1.96. The number of aromatic hydroxyl groups is 1. The number of rotatable bonds is 1. The number of carboxylic acid groups (broad SMARTS) is 1. The highest BCUT2D eigenvalue weighted by molar-refractivity contribution is 9.10. The zero-order valence-corrected chi connectivity index (χ0v) is 7.60. The normalized spacial score (nSPS) is 10.1. The van der Waals surface area contributed by atoms with Gasteiger partial charge >= 0.3 is 5.97 Å². The second kappa shape index (κ2) is 3.29. The number of benzene rings is 1. The highest BCUT2D eigenvalue weighted by Gasteiger charge is 2.22. The average Bonchev–Trinajstić information content (AvgIpc) is 2.01. The van der Waals surface area contributed by atoms with E-state index in [1.807, 2.05) is 0 Å². The Hall–Kier alpha value is -1.17. The molecule has 3 nitrogen and oxygen atoms in total. The number of aromatic carboxylic acids is 1. The van der Waals surface area contributed by atoms with E-state index in [4.69, 9.17) is 10.2 Å². The Balaban J connectivity index is 3.56. The van der Waals surface area contributed by atoms with E-state index in [1.54, 1.807) is 0 Å². The van der Waals surface area contributed by atoms with Gasteiger partial charge in [0.15, 0.2) is 11.6 Å². The fourth-order valence-corrected chi connectivity index (χ4v) is 1.18. The van der Waals surface area contributed by atoms with Crippen LogP contribution >= 0.6 is 15.9 Å². The molecule has 0 aliphatic carbocycles. The number of hydrogen-bond donors (Lipinski definition) is 2. The van der Waals surface area contributed by atoms with Crippen LogP contribution in [0.1, 0.15) is 10.4 Å². The van der Waals surface area contributed by atoms with Gasteiger partial charge in [0.05, 0.1) is 4.47 Å². The van der Waals surface area contributed by atoms with Gasteiger partial charge in [0.25, 0.3) is 0 Å². The van der Waals surface area contributed by atoms with Gasteiger partial charge in [-0.15, -0.1) is 0 Å². The van der Waals surface area contributed by atoms with Gasteiger partial charge in [0.1, 0.15) is 11.3 Å². The second-order valence-corrected chi connectivity index (χ2v) is 3.04. The Morgan fingerprint density at radius 3 is 2.46 bits per heavy atom. The van der Waals surface area contributed by atoms with Gasteiger partial charge in [-0.05, 0) is 22.0 Å². The highest BCUT2D eigenvalue weighted by Crippen LogP contribution is 2.31. The Kier molecular flexibility index (Phi) is 2.51. The van der Waals surface area contributed by atoms with Crippen LogP contribution < -0.4 is 0 Å². The summed E-state index contributed by atoms with van der Waals surface area (Å²) in [6, 6.07) is 0.650. The molecule has 0 heterocycles.